The van der Waals surface area contributed by atoms with Gasteiger partial charge in [0.2, 0.25) is 0 Å². The molecular weight excluding hydrogens is 299 g/mol. The molecule has 0 radical (unpaired) electrons. The van der Waals surface area contributed by atoms with Crippen molar-refractivity contribution in [2.45, 2.75) is 6.42 Å². The topological polar surface area (TPSA) is 43.1 Å². The molecule has 0 saturated carbocycles. The van der Waals surface area contributed by atoms with Gasteiger partial charge in [-0.15, -0.1) is 5.10 Å². The maximum Gasteiger partial charge on any atom is 0.252 e. The number of nitrogens with zero attached hydrogens (tertiary/aromatic N) is 4. The van der Waals surface area contributed by atoms with Crippen molar-refractivity contribution >= 4 is 17.1 Å². The number of thiophene rings is 1. The summed E-state index contributed by atoms with van der Waals surface area (Å²) >= 11 is 1.64. The summed E-state index contributed by atoms with van der Waals surface area (Å²) in [6.45, 7) is 0. The zero-order valence-electron chi connectivity index (χ0n) is 11.5. The van der Waals surface area contributed by atoms with E-state index in [1.807, 2.05) is 17.5 Å². The highest BCUT2D eigenvalue weighted by Gasteiger charge is 2.10. The number of hydrogen-bond acceptors (Lipinski definition) is 4. The van der Waals surface area contributed by atoms with E-state index < -0.39 is 0 Å². The number of benzene rings is 1. The van der Waals surface area contributed by atoms with E-state index in [0.29, 0.717) is 18.0 Å². The quantitative estimate of drug-likeness (QED) is 0.581. The fourth-order valence-corrected chi connectivity index (χ4v) is 2.97. The minimum Gasteiger partial charge on any atom is -0.220 e. The van der Waals surface area contributed by atoms with Gasteiger partial charge in [-0.2, -0.15) is 20.8 Å². The molecule has 4 aromatic rings. The first-order valence-corrected chi connectivity index (χ1v) is 7.71. The lowest BCUT2D eigenvalue weighted by atomic mass is 10.1. The Balaban J connectivity index is 1.74. The van der Waals surface area contributed by atoms with E-state index in [9.17, 15) is 4.39 Å². The van der Waals surface area contributed by atoms with E-state index in [-0.39, 0.29) is 5.82 Å². The van der Waals surface area contributed by atoms with Gasteiger partial charge in [-0.1, -0.05) is 12.1 Å². The van der Waals surface area contributed by atoms with Crippen LogP contribution >= 0.6 is 11.3 Å². The van der Waals surface area contributed by atoms with Crippen molar-refractivity contribution in [1.82, 2.24) is 19.6 Å². The number of aromatic nitrogens is 4. The van der Waals surface area contributed by atoms with Crippen LogP contribution in [0.4, 0.5) is 4.39 Å². The van der Waals surface area contributed by atoms with Crippen LogP contribution in [0.15, 0.2) is 53.4 Å². The fourth-order valence-electron chi connectivity index (χ4n) is 2.32. The third-order valence-electron chi connectivity index (χ3n) is 3.38. The van der Waals surface area contributed by atoms with Gasteiger partial charge in [-0.05, 0) is 35.2 Å². The maximum absolute atomic E-state index is 13.0. The largest absolute Gasteiger partial charge is 0.252 e. The molecule has 0 aliphatic heterocycles. The number of halogens is 1. The second-order valence-corrected chi connectivity index (χ2v) is 5.67. The first kappa shape index (κ1) is 13.1. The Morgan fingerprint density at radius 3 is 2.73 bits per heavy atom. The molecule has 4 nitrogen and oxygen atoms in total. The highest BCUT2D eigenvalue weighted by atomic mass is 32.1. The molecule has 0 aliphatic rings. The van der Waals surface area contributed by atoms with E-state index in [1.54, 1.807) is 34.2 Å². The van der Waals surface area contributed by atoms with Crippen LogP contribution in [0.5, 0.6) is 0 Å². The maximum atomic E-state index is 13.0. The van der Waals surface area contributed by atoms with Gasteiger partial charge in [0.25, 0.3) is 5.78 Å². The molecule has 0 saturated heterocycles. The Labute approximate surface area is 129 Å². The third-order valence-corrected chi connectivity index (χ3v) is 4.06. The van der Waals surface area contributed by atoms with Crippen LogP contribution in [-0.2, 0) is 6.42 Å². The Morgan fingerprint density at radius 1 is 1.09 bits per heavy atom. The van der Waals surface area contributed by atoms with Crippen molar-refractivity contribution in [3.05, 3.63) is 70.6 Å². The molecule has 0 unspecified atom stereocenters. The van der Waals surface area contributed by atoms with Crippen LogP contribution in [0.25, 0.3) is 17.0 Å². The van der Waals surface area contributed by atoms with Gasteiger partial charge in [-0.3, -0.25) is 0 Å². The van der Waals surface area contributed by atoms with Crippen molar-refractivity contribution in [2.75, 3.05) is 0 Å². The smallest absolute Gasteiger partial charge is 0.220 e. The SMILES string of the molecule is Fc1ccc(Cc2nc3nccc(-c4ccsc4)n3n2)cc1. The Hall–Kier alpha value is -2.60. The van der Waals surface area contributed by atoms with Gasteiger partial charge in [0, 0.05) is 23.6 Å². The minimum absolute atomic E-state index is 0.242. The molecule has 3 heterocycles. The van der Waals surface area contributed by atoms with Crippen molar-refractivity contribution in [3.63, 3.8) is 0 Å². The Kier molecular flexibility index (Phi) is 3.16. The molecule has 1 aromatic carbocycles. The molecule has 0 N–H and O–H groups in total. The standard InChI is InChI=1S/C16H11FN4S/c17-13-3-1-11(2-4-13)9-15-19-16-18-7-5-14(21(16)20-15)12-6-8-22-10-12/h1-8,10H,9H2. The molecule has 22 heavy (non-hydrogen) atoms. The summed E-state index contributed by atoms with van der Waals surface area (Å²) in [6.07, 6.45) is 2.28. The molecule has 0 atom stereocenters. The Bertz CT molecular complexity index is 913. The lowest BCUT2D eigenvalue weighted by molar-refractivity contribution is 0.627. The molecule has 4 rings (SSSR count). The van der Waals surface area contributed by atoms with E-state index in [2.05, 4.69) is 20.4 Å². The number of hydrogen-bond donors (Lipinski definition) is 0. The molecule has 0 bridgehead atoms. The highest BCUT2D eigenvalue weighted by molar-refractivity contribution is 7.08. The fraction of sp³-hybridized carbons (Fsp3) is 0.0625. The van der Waals surface area contributed by atoms with E-state index >= 15 is 0 Å². The van der Waals surface area contributed by atoms with Crippen molar-refractivity contribution in [3.8, 4) is 11.3 Å². The lowest BCUT2D eigenvalue weighted by Gasteiger charge is -1.99. The number of fused-ring (bicyclic) bond motifs is 1. The van der Waals surface area contributed by atoms with Gasteiger partial charge in [0.05, 0.1) is 5.69 Å². The highest BCUT2D eigenvalue weighted by Crippen LogP contribution is 2.22. The first-order chi connectivity index (χ1) is 10.8. The number of rotatable bonds is 3. The first-order valence-electron chi connectivity index (χ1n) is 6.77. The zero-order valence-corrected chi connectivity index (χ0v) is 12.3. The summed E-state index contributed by atoms with van der Waals surface area (Å²) in [5.41, 5.74) is 3.02. The van der Waals surface area contributed by atoms with E-state index in [1.165, 1.54) is 12.1 Å². The van der Waals surface area contributed by atoms with Crippen LogP contribution < -0.4 is 0 Å². The van der Waals surface area contributed by atoms with Crippen LogP contribution in [0.2, 0.25) is 0 Å². The zero-order chi connectivity index (χ0) is 14.9. The average Bonchev–Trinajstić information content (AvgIpc) is 3.18. The van der Waals surface area contributed by atoms with Crippen LogP contribution in [0, 0.1) is 5.82 Å². The van der Waals surface area contributed by atoms with Crippen molar-refractivity contribution < 1.29 is 4.39 Å². The molecule has 0 amide bonds. The molecule has 0 spiro atoms. The summed E-state index contributed by atoms with van der Waals surface area (Å²) in [7, 11) is 0. The lowest BCUT2D eigenvalue weighted by Crippen LogP contribution is -1.96. The summed E-state index contributed by atoms with van der Waals surface area (Å²) < 4.78 is 14.7. The van der Waals surface area contributed by atoms with Gasteiger partial charge in [-0.25, -0.2) is 9.37 Å². The molecule has 6 heteroatoms. The van der Waals surface area contributed by atoms with Gasteiger partial charge >= 0.3 is 0 Å². The average molecular weight is 310 g/mol. The summed E-state index contributed by atoms with van der Waals surface area (Å²) in [5, 5.41) is 8.63. The summed E-state index contributed by atoms with van der Waals surface area (Å²) in [5.74, 6) is 0.996. The van der Waals surface area contributed by atoms with Gasteiger partial charge < -0.3 is 0 Å². The van der Waals surface area contributed by atoms with Crippen molar-refractivity contribution in [1.29, 1.82) is 0 Å². The second-order valence-electron chi connectivity index (χ2n) is 4.89. The molecule has 108 valence electrons. The minimum atomic E-state index is -0.242. The molecule has 0 aliphatic carbocycles. The molecule has 0 fully saturated rings. The third kappa shape index (κ3) is 2.37. The second kappa shape index (κ2) is 5.31. The van der Waals surface area contributed by atoms with Crippen LogP contribution in [-0.4, -0.2) is 19.6 Å². The summed E-state index contributed by atoms with van der Waals surface area (Å²) in [4.78, 5) is 8.71. The van der Waals surface area contributed by atoms with Crippen molar-refractivity contribution in [2.24, 2.45) is 0 Å². The van der Waals surface area contributed by atoms with E-state index in [0.717, 1.165) is 16.8 Å². The predicted octanol–water partition coefficient (Wildman–Crippen LogP) is 3.58. The van der Waals surface area contributed by atoms with Gasteiger partial charge in [0.15, 0.2) is 5.82 Å². The van der Waals surface area contributed by atoms with E-state index in [4.69, 9.17) is 0 Å². The Morgan fingerprint density at radius 2 is 1.95 bits per heavy atom. The monoisotopic (exact) mass is 310 g/mol. The normalized spacial score (nSPS) is 11.1. The van der Waals surface area contributed by atoms with Crippen LogP contribution in [0.1, 0.15) is 11.4 Å². The molecule has 3 aromatic heterocycles. The summed E-state index contributed by atoms with van der Waals surface area (Å²) in [6, 6.07) is 10.3. The molecular formula is C16H11FN4S. The predicted molar refractivity (Wildman–Crippen MR) is 83.3 cm³/mol. The van der Waals surface area contributed by atoms with Crippen LogP contribution in [0.3, 0.4) is 0 Å². The van der Waals surface area contributed by atoms with Gasteiger partial charge in [0.1, 0.15) is 5.82 Å².